The molecule has 1 heterocycles. The molecule has 130 valence electrons. The van der Waals surface area contributed by atoms with E-state index in [9.17, 15) is 14.9 Å². The van der Waals surface area contributed by atoms with Gasteiger partial charge in [0, 0.05) is 29.5 Å². The first kappa shape index (κ1) is 17.0. The molecule has 0 spiro atoms. The van der Waals surface area contributed by atoms with Gasteiger partial charge in [0.2, 0.25) is 5.91 Å². The van der Waals surface area contributed by atoms with Gasteiger partial charge < -0.3 is 10.2 Å². The summed E-state index contributed by atoms with van der Waals surface area (Å²) in [6.07, 6.45) is 0.702. The van der Waals surface area contributed by atoms with Gasteiger partial charge in [-0.1, -0.05) is 6.07 Å². The second kappa shape index (κ2) is 6.55. The van der Waals surface area contributed by atoms with Gasteiger partial charge in [0.1, 0.15) is 0 Å². The van der Waals surface area contributed by atoms with Crippen molar-refractivity contribution in [1.82, 2.24) is 0 Å². The smallest absolute Gasteiger partial charge is 0.269 e. The highest BCUT2D eigenvalue weighted by atomic mass is 16.6. The number of non-ortho nitro benzene ring substituents is 1. The predicted molar refractivity (Wildman–Crippen MR) is 98.2 cm³/mol. The Morgan fingerprint density at radius 3 is 2.68 bits per heavy atom. The number of nitrogens with one attached hydrogen (secondary N) is 1. The predicted octanol–water partition coefficient (Wildman–Crippen LogP) is 3.60. The van der Waals surface area contributed by atoms with E-state index < -0.39 is 0 Å². The van der Waals surface area contributed by atoms with Gasteiger partial charge in [-0.2, -0.15) is 0 Å². The third-order valence-electron chi connectivity index (χ3n) is 4.74. The third kappa shape index (κ3) is 3.47. The number of hydrogen-bond acceptors (Lipinski definition) is 4. The van der Waals surface area contributed by atoms with E-state index in [0.29, 0.717) is 6.42 Å². The number of amides is 1. The van der Waals surface area contributed by atoms with Gasteiger partial charge in [0.05, 0.1) is 11.5 Å². The van der Waals surface area contributed by atoms with E-state index in [1.165, 1.54) is 11.6 Å². The van der Waals surface area contributed by atoms with Crippen molar-refractivity contribution in [1.29, 1.82) is 0 Å². The van der Waals surface area contributed by atoms with Crippen LogP contribution in [0.25, 0.3) is 0 Å². The Bertz CT molecular complexity index is 848. The molecule has 2 aromatic carbocycles. The Kier molecular flexibility index (Phi) is 4.44. The van der Waals surface area contributed by atoms with E-state index >= 15 is 0 Å². The number of rotatable bonds is 4. The molecule has 6 nitrogen and oxygen atoms in total. The molecule has 0 saturated heterocycles. The molecule has 1 N–H and O–H groups in total. The molecule has 2 aromatic rings. The summed E-state index contributed by atoms with van der Waals surface area (Å²) >= 11 is 0. The molecule has 0 bridgehead atoms. The molecule has 0 aliphatic carbocycles. The fraction of sp³-hybridized carbons (Fsp3) is 0.316. The molecular weight excluding hydrogens is 318 g/mol. The van der Waals surface area contributed by atoms with Crippen molar-refractivity contribution in [2.75, 3.05) is 16.8 Å². The van der Waals surface area contributed by atoms with Crippen LogP contribution in [0.3, 0.4) is 0 Å². The van der Waals surface area contributed by atoms with Crippen LogP contribution >= 0.6 is 0 Å². The molecular formula is C19H21N3O3. The maximum atomic E-state index is 12.4. The van der Waals surface area contributed by atoms with Crippen molar-refractivity contribution < 1.29 is 9.72 Å². The van der Waals surface area contributed by atoms with Crippen molar-refractivity contribution >= 4 is 23.0 Å². The Morgan fingerprint density at radius 2 is 2.00 bits per heavy atom. The van der Waals surface area contributed by atoms with E-state index in [2.05, 4.69) is 5.32 Å². The lowest BCUT2D eigenvalue weighted by atomic mass is 10.1. The second-order valence-corrected chi connectivity index (χ2v) is 6.60. The highest BCUT2D eigenvalue weighted by molar-refractivity contribution is 5.94. The molecule has 0 fully saturated rings. The van der Waals surface area contributed by atoms with Gasteiger partial charge in [0.25, 0.3) is 5.69 Å². The molecule has 0 radical (unpaired) electrons. The summed E-state index contributed by atoms with van der Waals surface area (Å²) in [6, 6.07) is 10.8. The fourth-order valence-corrected chi connectivity index (χ4v) is 3.21. The number of aryl methyl sites for hydroxylation is 2. The zero-order valence-corrected chi connectivity index (χ0v) is 14.6. The van der Waals surface area contributed by atoms with Crippen molar-refractivity contribution in [2.45, 2.75) is 33.2 Å². The third-order valence-corrected chi connectivity index (χ3v) is 4.74. The van der Waals surface area contributed by atoms with Gasteiger partial charge in [-0.3, -0.25) is 14.9 Å². The largest absolute Gasteiger partial charge is 0.359 e. The number of carbonyl (C=O) groups excluding carboxylic acids is 1. The molecule has 6 heteroatoms. The molecule has 1 aliphatic heterocycles. The number of hydrogen-bond donors (Lipinski definition) is 1. The summed E-state index contributed by atoms with van der Waals surface area (Å²) in [4.78, 5) is 25.0. The number of benzene rings is 2. The highest BCUT2D eigenvalue weighted by Gasteiger charge is 2.29. The van der Waals surface area contributed by atoms with Gasteiger partial charge in [-0.25, -0.2) is 0 Å². The molecule has 1 aliphatic rings. The first-order chi connectivity index (χ1) is 11.8. The lowest BCUT2D eigenvalue weighted by Gasteiger charge is -2.24. The summed E-state index contributed by atoms with van der Waals surface area (Å²) in [6.45, 7) is 6.29. The van der Waals surface area contributed by atoms with E-state index in [1.54, 1.807) is 12.1 Å². The summed E-state index contributed by atoms with van der Waals surface area (Å²) < 4.78 is 0. The number of nitro groups is 1. The minimum absolute atomic E-state index is 0.0902. The molecule has 0 aromatic heterocycles. The van der Waals surface area contributed by atoms with Crippen LogP contribution < -0.4 is 10.2 Å². The molecule has 3 rings (SSSR count). The number of nitro benzene ring substituents is 1. The molecule has 25 heavy (non-hydrogen) atoms. The average Bonchev–Trinajstić information content (AvgIpc) is 2.86. The van der Waals surface area contributed by atoms with Crippen LogP contribution in [-0.2, 0) is 11.2 Å². The van der Waals surface area contributed by atoms with Crippen molar-refractivity contribution in [3.05, 3.63) is 63.2 Å². The Balaban J connectivity index is 1.74. The van der Waals surface area contributed by atoms with Crippen LogP contribution in [0.4, 0.5) is 17.1 Å². The second-order valence-electron chi connectivity index (χ2n) is 6.60. The highest BCUT2D eigenvalue weighted by Crippen LogP contribution is 2.34. The zero-order valence-electron chi connectivity index (χ0n) is 14.6. The molecule has 1 amide bonds. The minimum atomic E-state index is -0.389. The standard InChI is InChI=1S/C19H21N3O3/c1-12-4-5-16(8-13(12)2)20-19(23)11-21-14(3)9-15-10-17(22(24)25)6-7-18(15)21/h4-8,10,14H,9,11H2,1-3H3,(H,20,23). The maximum Gasteiger partial charge on any atom is 0.269 e. The number of fused-ring (bicyclic) bond motifs is 1. The van der Waals surface area contributed by atoms with Crippen molar-refractivity contribution in [3.63, 3.8) is 0 Å². The topological polar surface area (TPSA) is 75.5 Å². The van der Waals surface area contributed by atoms with Crippen molar-refractivity contribution in [3.8, 4) is 0 Å². The Hall–Kier alpha value is -2.89. The number of carbonyl (C=O) groups is 1. The van der Waals surface area contributed by atoms with Crippen LogP contribution in [0, 0.1) is 24.0 Å². The van der Waals surface area contributed by atoms with E-state index in [0.717, 1.165) is 22.5 Å². The number of anilines is 2. The van der Waals surface area contributed by atoms with Crippen molar-refractivity contribution in [2.24, 2.45) is 0 Å². The quantitative estimate of drug-likeness (QED) is 0.682. The lowest BCUT2D eigenvalue weighted by Crippen LogP contribution is -2.37. The molecule has 1 atom stereocenters. The van der Waals surface area contributed by atoms with Gasteiger partial charge in [-0.15, -0.1) is 0 Å². The Morgan fingerprint density at radius 1 is 1.24 bits per heavy atom. The maximum absolute atomic E-state index is 12.4. The SMILES string of the molecule is Cc1ccc(NC(=O)CN2c3ccc([N+](=O)[O-])cc3CC2C)cc1C. The van der Waals surface area contributed by atoms with Gasteiger partial charge in [-0.05, 0) is 62.1 Å². The van der Waals surface area contributed by atoms with Gasteiger partial charge in [0.15, 0.2) is 0 Å². The lowest BCUT2D eigenvalue weighted by molar-refractivity contribution is -0.384. The van der Waals surface area contributed by atoms with Crippen LogP contribution in [0.1, 0.15) is 23.6 Å². The summed E-state index contributed by atoms with van der Waals surface area (Å²) in [5, 5.41) is 13.9. The van der Waals surface area contributed by atoms with Crippen LogP contribution in [-0.4, -0.2) is 23.4 Å². The fourth-order valence-electron chi connectivity index (χ4n) is 3.21. The van der Waals surface area contributed by atoms with Crippen LogP contribution in [0.5, 0.6) is 0 Å². The summed E-state index contributed by atoms with van der Waals surface area (Å²) in [5.41, 5.74) is 5.00. The van der Waals surface area contributed by atoms with Gasteiger partial charge >= 0.3 is 0 Å². The van der Waals surface area contributed by atoms with Crippen LogP contribution in [0.15, 0.2) is 36.4 Å². The zero-order chi connectivity index (χ0) is 18.1. The molecule has 1 unspecified atom stereocenters. The average molecular weight is 339 g/mol. The summed E-state index contributed by atoms with van der Waals surface area (Å²) in [7, 11) is 0. The first-order valence-corrected chi connectivity index (χ1v) is 8.26. The number of nitrogens with zero attached hydrogens (tertiary/aromatic N) is 2. The first-order valence-electron chi connectivity index (χ1n) is 8.26. The monoisotopic (exact) mass is 339 g/mol. The summed E-state index contributed by atoms with van der Waals surface area (Å²) in [5.74, 6) is -0.0960. The van der Waals surface area contributed by atoms with E-state index in [-0.39, 0.29) is 29.1 Å². The van der Waals surface area contributed by atoms with E-state index in [4.69, 9.17) is 0 Å². The molecule has 0 saturated carbocycles. The minimum Gasteiger partial charge on any atom is -0.359 e. The van der Waals surface area contributed by atoms with E-state index in [1.807, 2.05) is 43.9 Å². The normalized spacial score (nSPS) is 15.8. The van der Waals surface area contributed by atoms with Crippen LogP contribution in [0.2, 0.25) is 0 Å². The Labute approximate surface area is 146 Å².